The minimum absolute atomic E-state index is 0.0345. The van der Waals surface area contributed by atoms with Crippen LogP contribution in [0.4, 0.5) is 0 Å². The van der Waals surface area contributed by atoms with Crippen LogP contribution in [0.2, 0.25) is 0 Å². The summed E-state index contributed by atoms with van der Waals surface area (Å²) in [4.78, 5) is 13.9. The Labute approximate surface area is 120 Å². The van der Waals surface area contributed by atoms with Crippen molar-refractivity contribution in [2.75, 3.05) is 13.1 Å². The molecule has 0 radical (unpaired) electrons. The van der Waals surface area contributed by atoms with E-state index in [1.54, 1.807) is 13.0 Å². The lowest BCUT2D eigenvalue weighted by Gasteiger charge is -2.15. The van der Waals surface area contributed by atoms with E-state index in [1.165, 1.54) is 11.1 Å². The zero-order valence-electron chi connectivity index (χ0n) is 12.5. The summed E-state index contributed by atoms with van der Waals surface area (Å²) in [5.74, 6) is 0.251. The van der Waals surface area contributed by atoms with E-state index in [2.05, 4.69) is 32.0 Å². The second kappa shape index (κ2) is 6.23. The van der Waals surface area contributed by atoms with Crippen LogP contribution in [-0.2, 0) is 4.79 Å². The summed E-state index contributed by atoms with van der Waals surface area (Å²) < 4.78 is 0. The third-order valence-electron chi connectivity index (χ3n) is 3.88. The molecule has 0 bridgehead atoms. The SMILES string of the molecule is Cc1cc(C)cc(/C=C/C(=O)N2CCC(C(C)O)C2)c1. The van der Waals surface area contributed by atoms with E-state index in [0.717, 1.165) is 18.5 Å². The van der Waals surface area contributed by atoms with Gasteiger partial charge in [-0.25, -0.2) is 0 Å². The molecular formula is C17H23NO2. The van der Waals surface area contributed by atoms with Crippen LogP contribution in [0.3, 0.4) is 0 Å². The van der Waals surface area contributed by atoms with E-state index < -0.39 is 0 Å². The van der Waals surface area contributed by atoms with Gasteiger partial charge in [0.05, 0.1) is 6.10 Å². The topological polar surface area (TPSA) is 40.5 Å². The first-order valence-corrected chi connectivity index (χ1v) is 7.19. The molecule has 1 amide bonds. The number of carbonyl (C=O) groups is 1. The zero-order chi connectivity index (χ0) is 14.7. The Morgan fingerprint density at radius 3 is 2.55 bits per heavy atom. The fraction of sp³-hybridized carbons (Fsp3) is 0.471. The number of rotatable bonds is 3. The van der Waals surface area contributed by atoms with Crippen molar-refractivity contribution in [2.24, 2.45) is 5.92 Å². The third-order valence-corrected chi connectivity index (χ3v) is 3.88. The molecule has 3 nitrogen and oxygen atoms in total. The minimum Gasteiger partial charge on any atom is -0.393 e. The fourth-order valence-electron chi connectivity index (χ4n) is 2.76. The standard InChI is InChI=1S/C17H23NO2/c1-12-8-13(2)10-15(9-12)4-5-17(20)18-7-6-16(11-18)14(3)19/h4-5,8-10,14,16,19H,6-7,11H2,1-3H3/b5-4+. The summed E-state index contributed by atoms with van der Waals surface area (Å²) in [5.41, 5.74) is 3.46. The van der Waals surface area contributed by atoms with E-state index in [9.17, 15) is 9.90 Å². The average molecular weight is 273 g/mol. The number of nitrogens with zero attached hydrogens (tertiary/aromatic N) is 1. The van der Waals surface area contributed by atoms with E-state index in [4.69, 9.17) is 0 Å². The highest BCUT2D eigenvalue weighted by molar-refractivity contribution is 5.92. The monoisotopic (exact) mass is 273 g/mol. The minimum atomic E-state index is -0.337. The van der Waals surface area contributed by atoms with Crippen LogP contribution in [0.25, 0.3) is 6.08 Å². The molecule has 1 aliphatic rings. The summed E-state index contributed by atoms with van der Waals surface area (Å²) in [7, 11) is 0. The fourth-order valence-corrected chi connectivity index (χ4v) is 2.76. The molecule has 3 heteroatoms. The number of hydrogen-bond donors (Lipinski definition) is 1. The predicted octanol–water partition coefficient (Wildman–Crippen LogP) is 2.55. The lowest BCUT2D eigenvalue weighted by molar-refractivity contribution is -0.125. The van der Waals surface area contributed by atoms with Crippen LogP contribution in [-0.4, -0.2) is 35.1 Å². The first-order valence-electron chi connectivity index (χ1n) is 7.19. The average Bonchev–Trinajstić information content (AvgIpc) is 2.84. The van der Waals surface area contributed by atoms with Crippen molar-refractivity contribution in [3.05, 3.63) is 41.0 Å². The van der Waals surface area contributed by atoms with Crippen LogP contribution < -0.4 is 0 Å². The summed E-state index contributed by atoms with van der Waals surface area (Å²) in [6.45, 7) is 7.31. The number of hydrogen-bond acceptors (Lipinski definition) is 2. The van der Waals surface area contributed by atoms with Gasteiger partial charge in [0.2, 0.25) is 5.91 Å². The maximum absolute atomic E-state index is 12.1. The molecule has 1 aliphatic heterocycles. The molecule has 0 spiro atoms. The maximum Gasteiger partial charge on any atom is 0.246 e. The van der Waals surface area contributed by atoms with Gasteiger partial charge >= 0.3 is 0 Å². The Bertz CT molecular complexity index is 499. The van der Waals surface area contributed by atoms with Crippen LogP contribution in [0, 0.1) is 19.8 Å². The number of benzene rings is 1. The summed E-state index contributed by atoms with van der Waals surface area (Å²) in [6.07, 6.45) is 4.06. The quantitative estimate of drug-likeness (QED) is 0.860. The molecule has 1 heterocycles. The highest BCUT2D eigenvalue weighted by atomic mass is 16.3. The normalized spacial score (nSPS) is 20.6. The number of likely N-dealkylation sites (tertiary alicyclic amines) is 1. The first kappa shape index (κ1) is 14.8. The molecule has 0 aromatic heterocycles. The molecule has 1 aromatic carbocycles. The Kier molecular flexibility index (Phi) is 4.61. The Balaban J connectivity index is 1.99. The molecule has 2 unspecified atom stereocenters. The predicted molar refractivity (Wildman–Crippen MR) is 81.3 cm³/mol. The molecule has 2 atom stereocenters. The summed E-state index contributed by atoms with van der Waals surface area (Å²) in [5, 5.41) is 9.56. The van der Waals surface area contributed by atoms with Gasteiger partial charge in [0, 0.05) is 25.1 Å². The summed E-state index contributed by atoms with van der Waals surface area (Å²) in [6, 6.07) is 6.26. The van der Waals surface area contributed by atoms with Gasteiger partial charge in [-0.15, -0.1) is 0 Å². The van der Waals surface area contributed by atoms with Crippen molar-refractivity contribution in [3.63, 3.8) is 0 Å². The van der Waals surface area contributed by atoms with Gasteiger partial charge < -0.3 is 10.0 Å². The van der Waals surface area contributed by atoms with Gasteiger partial charge in [-0.05, 0) is 38.8 Å². The Hall–Kier alpha value is -1.61. The molecular weight excluding hydrogens is 250 g/mol. The molecule has 1 N–H and O–H groups in total. The molecule has 1 saturated heterocycles. The lowest BCUT2D eigenvalue weighted by Crippen LogP contribution is -2.28. The van der Waals surface area contributed by atoms with Gasteiger partial charge in [0.1, 0.15) is 0 Å². The van der Waals surface area contributed by atoms with Crippen molar-refractivity contribution in [1.82, 2.24) is 4.90 Å². The molecule has 108 valence electrons. The second-order valence-corrected chi connectivity index (χ2v) is 5.83. The van der Waals surface area contributed by atoms with Gasteiger partial charge in [0.15, 0.2) is 0 Å². The van der Waals surface area contributed by atoms with Gasteiger partial charge in [-0.1, -0.05) is 29.3 Å². The zero-order valence-corrected chi connectivity index (χ0v) is 12.5. The molecule has 0 aliphatic carbocycles. The van der Waals surface area contributed by atoms with E-state index in [0.29, 0.717) is 6.54 Å². The van der Waals surface area contributed by atoms with Gasteiger partial charge in [-0.3, -0.25) is 4.79 Å². The number of aliphatic hydroxyl groups is 1. The molecule has 1 fully saturated rings. The molecule has 2 rings (SSSR count). The number of carbonyl (C=O) groups excluding carboxylic acids is 1. The Morgan fingerprint density at radius 1 is 1.35 bits per heavy atom. The van der Waals surface area contributed by atoms with Crippen molar-refractivity contribution in [1.29, 1.82) is 0 Å². The maximum atomic E-state index is 12.1. The molecule has 1 aromatic rings. The largest absolute Gasteiger partial charge is 0.393 e. The van der Waals surface area contributed by atoms with E-state index >= 15 is 0 Å². The molecule has 20 heavy (non-hydrogen) atoms. The summed E-state index contributed by atoms with van der Waals surface area (Å²) >= 11 is 0. The van der Waals surface area contributed by atoms with Crippen molar-refractivity contribution >= 4 is 12.0 Å². The molecule has 0 saturated carbocycles. The van der Waals surface area contributed by atoms with E-state index in [1.807, 2.05) is 11.0 Å². The Morgan fingerprint density at radius 2 is 2.00 bits per heavy atom. The lowest BCUT2D eigenvalue weighted by atomic mass is 10.0. The number of amides is 1. The van der Waals surface area contributed by atoms with Crippen LogP contribution >= 0.6 is 0 Å². The first-order chi connectivity index (χ1) is 9.45. The van der Waals surface area contributed by atoms with Crippen LogP contribution in [0.1, 0.15) is 30.0 Å². The number of aryl methyl sites for hydroxylation is 2. The second-order valence-electron chi connectivity index (χ2n) is 5.83. The van der Waals surface area contributed by atoms with Gasteiger partial charge in [-0.2, -0.15) is 0 Å². The van der Waals surface area contributed by atoms with Crippen molar-refractivity contribution < 1.29 is 9.90 Å². The van der Waals surface area contributed by atoms with E-state index in [-0.39, 0.29) is 17.9 Å². The van der Waals surface area contributed by atoms with Crippen LogP contribution in [0.15, 0.2) is 24.3 Å². The highest BCUT2D eigenvalue weighted by Crippen LogP contribution is 2.20. The number of aliphatic hydroxyl groups excluding tert-OH is 1. The smallest absolute Gasteiger partial charge is 0.246 e. The highest BCUT2D eigenvalue weighted by Gasteiger charge is 2.27. The van der Waals surface area contributed by atoms with Crippen molar-refractivity contribution in [3.8, 4) is 0 Å². The van der Waals surface area contributed by atoms with Crippen LogP contribution in [0.5, 0.6) is 0 Å². The van der Waals surface area contributed by atoms with Gasteiger partial charge in [0.25, 0.3) is 0 Å². The third kappa shape index (κ3) is 3.70. The van der Waals surface area contributed by atoms with Crippen molar-refractivity contribution in [2.45, 2.75) is 33.3 Å².